The number of aliphatic carboxylic acids is 1. The number of rotatable bonds is 5. The van der Waals surface area contributed by atoms with Crippen LogP contribution in [0.3, 0.4) is 0 Å². The summed E-state index contributed by atoms with van der Waals surface area (Å²) in [7, 11) is -2.98. The molecule has 0 radical (unpaired) electrons. The zero-order valence-electron chi connectivity index (χ0n) is 10.6. The number of amides is 1. The second-order valence-electron chi connectivity index (χ2n) is 5.48. The van der Waals surface area contributed by atoms with Gasteiger partial charge < -0.3 is 10.4 Å². The molecule has 6 nitrogen and oxygen atoms in total. The van der Waals surface area contributed by atoms with Crippen LogP contribution in [0.15, 0.2) is 0 Å². The van der Waals surface area contributed by atoms with Gasteiger partial charge in [-0.05, 0) is 26.2 Å². The molecule has 0 aromatic carbocycles. The summed E-state index contributed by atoms with van der Waals surface area (Å²) >= 11 is 0. The normalized spacial score (nSPS) is 22.7. The number of carboxylic acids is 1. The van der Waals surface area contributed by atoms with E-state index in [9.17, 15) is 18.0 Å². The summed E-state index contributed by atoms with van der Waals surface area (Å²) in [6, 6.07) is 0. The Morgan fingerprint density at radius 3 is 2.44 bits per heavy atom. The number of carbonyl (C=O) groups excluding carboxylic acids is 1. The lowest BCUT2D eigenvalue weighted by atomic mass is 9.99. The van der Waals surface area contributed by atoms with E-state index in [0.29, 0.717) is 6.42 Å². The summed E-state index contributed by atoms with van der Waals surface area (Å²) < 4.78 is 22.5. The Labute approximate surface area is 107 Å². The Bertz CT molecular complexity index is 440. The maximum atomic E-state index is 11.7. The van der Waals surface area contributed by atoms with Crippen molar-refractivity contribution < 1.29 is 23.1 Å². The third-order valence-corrected chi connectivity index (χ3v) is 4.71. The van der Waals surface area contributed by atoms with Crippen molar-refractivity contribution in [3.63, 3.8) is 0 Å². The molecule has 1 aliphatic rings. The van der Waals surface area contributed by atoms with E-state index in [4.69, 9.17) is 5.11 Å². The third-order valence-electron chi connectivity index (χ3n) is 2.87. The molecule has 0 aliphatic carbocycles. The SMILES string of the molecule is CC(C)(CC(=O)O)NC(=O)CC1CCS(=O)(=O)C1. The van der Waals surface area contributed by atoms with Crippen LogP contribution >= 0.6 is 0 Å². The molecule has 1 amide bonds. The van der Waals surface area contributed by atoms with Gasteiger partial charge >= 0.3 is 5.97 Å². The van der Waals surface area contributed by atoms with Gasteiger partial charge in [0.15, 0.2) is 9.84 Å². The Kier molecular flexibility index (Phi) is 4.37. The van der Waals surface area contributed by atoms with Crippen molar-refractivity contribution in [1.29, 1.82) is 0 Å². The molecule has 104 valence electrons. The molecule has 1 saturated heterocycles. The molecular formula is C11H19NO5S. The topological polar surface area (TPSA) is 101 Å². The summed E-state index contributed by atoms with van der Waals surface area (Å²) in [5.41, 5.74) is -0.819. The van der Waals surface area contributed by atoms with E-state index in [2.05, 4.69) is 5.32 Å². The van der Waals surface area contributed by atoms with Crippen LogP contribution in [0.25, 0.3) is 0 Å². The van der Waals surface area contributed by atoms with E-state index in [-0.39, 0.29) is 36.2 Å². The fourth-order valence-corrected chi connectivity index (χ4v) is 4.01. The van der Waals surface area contributed by atoms with Gasteiger partial charge in [0.1, 0.15) is 0 Å². The van der Waals surface area contributed by atoms with Crippen LogP contribution in [0.1, 0.15) is 33.1 Å². The summed E-state index contributed by atoms with van der Waals surface area (Å²) in [4.78, 5) is 22.3. The standard InChI is InChI=1S/C11H19NO5S/c1-11(2,6-10(14)15)12-9(13)5-8-3-4-18(16,17)7-8/h8H,3-7H2,1-2H3,(H,12,13)(H,14,15). The highest BCUT2D eigenvalue weighted by atomic mass is 32.2. The molecule has 1 aliphatic heterocycles. The number of carbonyl (C=O) groups is 2. The van der Waals surface area contributed by atoms with Crippen LogP contribution in [-0.2, 0) is 19.4 Å². The molecule has 18 heavy (non-hydrogen) atoms. The largest absolute Gasteiger partial charge is 0.481 e. The van der Waals surface area contributed by atoms with Crippen LogP contribution in [0.4, 0.5) is 0 Å². The van der Waals surface area contributed by atoms with Crippen molar-refractivity contribution in [2.45, 2.75) is 38.6 Å². The van der Waals surface area contributed by atoms with Gasteiger partial charge in [0.05, 0.1) is 17.9 Å². The van der Waals surface area contributed by atoms with Crippen molar-refractivity contribution in [3.8, 4) is 0 Å². The molecule has 1 rings (SSSR count). The van der Waals surface area contributed by atoms with Crippen molar-refractivity contribution >= 4 is 21.7 Å². The molecule has 1 heterocycles. The summed E-state index contributed by atoms with van der Waals surface area (Å²) in [5.74, 6) is -1.22. The lowest BCUT2D eigenvalue weighted by Gasteiger charge is -2.24. The number of nitrogens with one attached hydrogen (secondary N) is 1. The van der Waals surface area contributed by atoms with Crippen molar-refractivity contribution in [1.82, 2.24) is 5.32 Å². The monoisotopic (exact) mass is 277 g/mol. The maximum absolute atomic E-state index is 11.7. The van der Waals surface area contributed by atoms with Gasteiger partial charge in [0.25, 0.3) is 0 Å². The molecule has 0 aromatic rings. The van der Waals surface area contributed by atoms with Gasteiger partial charge in [0.2, 0.25) is 5.91 Å². The molecule has 0 aromatic heterocycles. The average Bonchev–Trinajstić information content (AvgIpc) is 2.40. The lowest BCUT2D eigenvalue weighted by molar-refractivity contribution is -0.138. The van der Waals surface area contributed by atoms with Gasteiger partial charge in [-0.3, -0.25) is 9.59 Å². The molecule has 2 N–H and O–H groups in total. The molecule has 7 heteroatoms. The highest BCUT2D eigenvalue weighted by molar-refractivity contribution is 7.91. The van der Waals surface area contributed by atoms with Crippen molar-refractivity contribution in [3.05, 3.63) is 0 Å². The van der Waals surface area contributed by atoms with Crippen LogP contribution in [0.2, 0.25) is 0 Å². The number of carboxylic acid groups (broad SMARTS) is 1. The van der Waals surface area contributed by atoms with Crippen LogP contribution in [0.5, 0.6) is 0 Å². The Morgan fingerprint density at radius 1 is 1.39 bits per heavy atom. The quantitative estimate of drug-likeness (QED) is 0.746. The highest BCUT2D eigenvalue weighted by Crippen LogP contribution is 2.22. The number of sulfone groups is 1. The van der Waals surface area contributed by atoms with E-state index >= 15 is 0 Å². The van der Waals surface area contributed by atoms with Crippen LogP contribution < -0.4 is 5.32 Å². The Morgan fingerprint density at radius 2 is 2.00 bits per heavy atom. The van der Waals surface area contributed by atoms with Crippen LogP contribution in [0, 0.1) is 5.92 Å². The molecule has 1 fully saturated rings. The van der Waals surface area contributed by atoms with Gasteiger partial charge in [-0.25, -0.2) is 8.42 Å². The van der Waals surface area contributed by atoms with E-state index in [1.807, 2.05) is 0 Å². The second-order valence-corrected chi connectivity index (χ2v) is 7.70. The zero-order chi connectivity index (χ0) is 14.0. The molecule has 0 bridgehead atoms. The first-order valence-electron chi connectivity index (χ1n) is 5.83. The first-order valence-corrected chi connectivity index (χ1v) is 7.65. The van der Waals surface area contributed by atoms with Crippen molar-refractivity contribution in [2.24, 2.45) is 5.92 Å². The summed E-state index contributed by atoms with van der Waals surface area (Å²) in [5, 5.41) is 11.3. The van der Waals surface area contributed by atoms with Gasteiger partial charge in [-0.15, -0.1) is 0 Å². The van der Waals surface area contributed by atoms with Gasteiger partial charge in [-0.2, -0.15) is 0 Å². The molecule has 1 unspecified atom stereocenters. The predicted molar refractivity (Wildman–Crippen MR) is 65.9 cm³/mol. The smallest absolute Gasteiger partial charge is 0.305 e. The zero-order valence-corrected chi connectivity index (χ0v) is 11.4. The predicted octanol–water partition coefficient (Wildman–Crippen LogP) is 0.181. The molecular weight excluding hydrogens is 258 g/mol. The first kappa shape index (κ1) is 14.9. The van der Waals surface area contributed by atoms with Gasteiger partial charge in [-0.1, -0.05) is 0 Å². The fraction of sp³-hybridized carbons (Fsp3) is 0.818. The maximum Gasteiger partial charge on any atom is 0.305 e. The molecule has 0 saturated carbocycles. The van der Waals surface area contributed by atoms with E-state index < -0.39 is 21.3 Å². The summed E-state index contributed by atoms with van der Waals surface area (Å²) in [6.07, 6.45) is 0.485. The Balaban J connectivity index is 2.45. The van der Waals surface area contributed by atoms with E-state index in [1.54, 1.807) is 13.8 Å². The first-order chi connectivity index (χ1) is 8.10. The minimum atomic E-state index is -2.98. The lowest BCUT2D eigenvalue weighted by Crippen LogP contribution is -2.45. The van der Waals surface area contributed by atoms with E-state index in [1.165, 1.54) is 0 Å². The minimum absolute atomic E-state index is 0.0553. The van der Waals surface area contributed by atoms with Gasteiger partial charge in [0, 0.05) is 12.0 Å². The van der Waals surface area contributed by atoms with Crippen LogP contribution in [-0.4, -0.2) is 42.4 Å². The second kappa shape index (κ2) is 5.26. The van der Waals surface area contributed by atoms with E-state index in [0.717, 1.165) is 0 Å². The number of hydrogen-bond acceptors (Lipinski definition) is 4. The van der Waals surface area contributed by atoms with Crippen molar-refractivity contribution in [2.75, 3.05) is 11.5 Å². The average molecular weight is 277 g/mol. The summed E-state index contributed by atoms with van der Waals surface area (Å²) in [6.45, 7) is 3.26. The third kappa shape index (κ3) is 5.03. The molecule has 0 spiro atoms. The minimum Gasteiger partial charge on any atom is -0.481 e. The highest BCUT2D eigenvalue weighted by Gasteiger charge is 2.31. The molecule has 1 atom stereocenters. The fourth-order valence-electron chi connectivity index (χ4n) is 2.15. The number of hydrogen-bond donors (Lipinski definition) is 2. The Hall–Kier alpha value is -1.11.